The number of benzene rings is 1. The number of hydrogen-bond acceptors (Lipinski definition) is 7. The molecule has 8 nitrogen and oxygen atoms in total. The molecule has 31 heavy (non-hydrogen) atoms. The van der Waals surface area contributed by atoms with Gasteiger partial charge in [0.05, 0.1) is 41.7 Å². The lowest BCUT2D eigenvalue weighted by atomic mass is 10.0. The monoisotopic (exact) mass is 441 g/mol. The van der Waals surface area contributed by atoms with Crippen LogP contribution in [0.4, 0.5) is 5.82 Å². The summed E-state index contributed by atoms with van der Waals surface area (Å²) in [5.41, 5.74) is 2.31. The third kappa shape index (κ3) is 3.22. The fourth-order valence-corrected chi connectivity index (χ4v) is 6.53. The number of nitrogens with zero attached hydrogens (tertiary/aromatic N) is 5. The first kappa shape index (κ1) is 20.4. The first-order valence-corrected chi connectivity index (χ1v) is 12.4. The van der Waals surface area contributed by atoms with E-state index in [0.717, 1.165) is 22.7 Å². The van der Waals surface area contributed by atoms with E-state index in [0.29, 0.717) is 44.2 Å². The zero-order valence-corrected chi connectivity index (χ0v) is 18.9. The van der Waals surface area contributed by atoms with Gasteiger partial charge in [0.1, 0.15) is 16.4 Å². The van der Waals surface area contributed by atoms with Gasteiger partial charge in [-0.25, -0.2) is 18.4 Å². The third-order valence-corrected chi connectivity index (χ3v) is 9.20. The van der Waals surface area contributed by atoms with Gasteiger partial charge in [0.25, 0.3) is 0 Å². The van der Waals surface area contributed by atoms with Crippen LogP contribution in [0.15, 0.2) is 30.3 Å². The molecule has 2 aromatic heterocycles. The van der Waals surface area contributed by atoms with E-state index < -0.39 is 14.6 Å². The molecule has 0 aliphatic carbocycles. The second-order valence-corrected chi connectivity index (χ2v) is 11.2. The smallest absolute Gasteiger partial charge is 0.237 e. The second kappa shape index (κ2) is 7.27. The first-order chi connectivity index (χ1) is 14.8. The molecule has 2 aliphatic heterocycles. The molecular formula is C22H27N5O3S. The summed E-state index contributed by atoms with van der Waals surface area (Å²) in [6, 6.07) is 9.84. The van der Waals surface area contributed by atoms with E-state index in [9.17, 15) is 8.42 Å². The summed E-state index contributed by atoms with van der Waals surface area (Å²) in [6.45, 7) is 7.73. The van der Waals surface area contributed by atoms with Crippen LogP contribution in [-0.4, -0.2) is 59.5 Å². The van der Waals surface area contributed by atoms with Crippen molar-refractivity contribution in [3.63, 3.8) is 0 Å². The Morgan fingerprint density at radius 3 is 2.74 bits per heavy atom. The van der Waals surface area contributed by atoms with E-state index in [4.69, 9.17) is 14.7 Å². The zero-order valence-electron chi connectivity index (χ0n) is 18.1. The summed E-state index contributed by atoms with van der Waals surface area (Å²) in [5.74, 6) is 2.15. The third-order valence-electron chi connectivity index (χ3n) is 6.59. The molecule has 0 spiro atoms. The number of aromatic nitrogens is 4. The average Bonchev–Trinajstić information content (AvgIpc) is 3.23. The Bertz CT molecular complexity index is 1260. The molecule has 0 bridgehead atoms. The Morgan fingerprint density at radius 1 is 1.19 bits per heavy atom. The van der Waals surface area contributed by atoms with Gasteiger partial charge in [-0.05, 0) is 45.7 Å². The minimum absolute atomic E-state index is 0.137. The zero-order chi connectivity index (χ0) is 21.8. The molecular weight excluding hydrogens is 414 g/mol. The van der Waals surface area contributed by atoms with Crippen molar-refractivity contribution in [1.29, 1.82) is 0 Å². The van der Waals surface area contributed by atoms with Crippen LogP contribution in [0, 0.1) is 6.92 Å². The predicted molar refractivity (Wildman–Crippen MR) is 119 cm³/mol. The van der Waals surface area contributed by atoms with Crippen LogP contribution < -0.4 is 4.90 Å². The molecule has 5 rings (SSSR count). The Morgan fingerprint density at radius 2 is 2.00 bits per heavy atom. The number of para-hydroxylation sites is 2. The number of fused-ring (bicyclic) bond motifs is 1. The molecule has 0 saturated carbocycles. The normalized spacial score (nSPS) is 25.9. The molecule has 0 N–H and O–H groups in total. The fourth-order valence-electron chi connectivity index (χ4n) is 4.67. The van der Waals surface area contributed by atoms with Crippen molar-refractivity contribution in [3.05, 3.63) is 41.9 Å². The number of aryl methyl sites for hydroxylation is 1. The summed E-state index contributed by atoms with van der Waals surface area (Å²) in [4.78, 5) is 16.6. The average molecular weight is 442 g/mol. The molecule has 2 saturated heterocycles. The topological polar surface area (TPSA) is 90.2 Å². The number of sulfone groups is 1. The highest BCUT2D eigenvalue weighted by Crippen LogP contribution is 2.41. The quantitative estimate of drug-likeness (QED) is 0.617. The molecule has 9 heteroatoms. The molecule has 2 fully saturated rings. The van der Waals surface area contributed by atoms with E-state index in [1.807, 2.05) is 41.8 Å². The van der Waals surface area contributed by atoms with Crippen molar-refractivity contribution in [2.45, 2.75) is 44.4 Å². The first-order valence-electron chi connectivity index (χ1n) is 10.7. The standard InChI is InChI=1S/C22H27N5O3S/c1-15-14-30-11-10-26(15)20-13-19(22(3)9-6-12-31(22,28)29)24-21(25-20)27-16(2)23-17-7-4-5-8-18(17)27/h4-5,7-8,13,15H,6,9-12,14H2,1-3H3. The van der Waals surface area contributed by atoms with Gasteiger partial charge in [0, 0.05) is 12.6 Å². The van der Waals surface area contributed by atoms with Crippen molar-refractivity contribution < 1.29 is 13.2 Å². The van der Waals surface area contributed by atoms with Crippen LogP contribution in [0.3, 0.4) is 0 Å². The van der Waals surface area contributed by atoms with E-state index in [-0.39, 0.29) is 11.8 Å². The van der Waals surface area contributed by atoms with Crippen LogP contribution in [0.1, 0.15) is 38.2 Å². The fraction of sp³-hybridized carbons (Fsp3) is 0.500. The van der Waals surface area contributed by atoms with Gasteiger partial charge >= 0.3 is 0 Å². The Kier molecular flexibility index (Phi) is 4.78. The van der Waals surface area contributed by atoms with Crippen LogP contribution in [0.2, 0.25) is 0 Å². The van der Waals surface area contributed by atoms with Gasteiger partial charge in [-0.15, -0.1) is 0 Å². The molecule has 1 aromatic carbocycles. The maximum Gasteiger partial charge on any atom is 0.237 e. The summed E-state index contributed by atoms with van der Waals surface area (Å²) >= 11 is 0. The number of imidazole rings is 1. The van der Waals surface area contributed by atoms with Gasteiger partial charge in [0.15, 0.2) is 9.84 Å². The van der Waals surface area contributed by atoms with Crippen LogP contribution in [0.5, 0.6) is 0 Å². The van der Waals surface area contributed by atoms with E-state index >= 15 is 0 Å². The highest BCUT2D eigenvalue weighted by atomic mass is 32.2. The highest BCUT2D eigenvalue weighted by Gasteiger charge is 2.47. The molecule has 3 aromatic rings. The van der Waals surface area contributed by atoms with E-state index in [2.05, 4.69) is 16.8 Å². The number of anilines is 1. The van der Waals surface area contributed by atoms with Crippen LogP contribution in [-0.2, 0) is 19.3 Å². The number of morpholine rings is 1. The number of hydrogen-bond donors (Lipinski definition) is 0. The lowest BCUT2D eigenvalue weighted by Gasteiger charge is -2.35. The predicted octanol–water partition coefficient (Wildman–Crippen LogP) is 2.77. The minimum atomic E-state index is -3.30. The Balaban J connectivity index is 1.75. The highest BCUT2D eigenvalue weighted by molar-refractivity contribution is 7.92. The summed E-state index contributed by atoms with van der Waals surface area (Å²) in [6.07, 6.45) is 1.21. The molecule has 0 radical (unpaired) electrons. The summed E-state index contributed by atoms with van der Waals surface area (Å²) in [5, 5.41) is 0. The molecule has 2 atom stereocenters. The molecule has 2 aliphatic rings. The molecule has 164 valence electrons. The van der Waals surface area contributed by atoms with E-state index in [1.54, 1.807) is 6.92 Å². The second-order valence-electron chi connectivity index (χ2n) is 8.67. The van der Waals surface area contributed by atoms with Gasteiger partial charge < -0.3 is 9.64 Å². The minimum Gasteiger partial charge on any atom is -0.377 e. The Labute approximate surface area is 182 Å². The maximum absolute atomic E-state index is 13.0. The van der Waals surface area contributed by atoms with Gasteiger partial charge in [-0.1, -0.05) is 12.1 Å². The Hall–Kier alpha value is -2.52. The number of rotatable bonds is 3. The summed E-state index contributed by atoms with van der Waals surface area (Å²) < 4.78 is 32.5. The van der Waals surface area contributed by atoms with Crippen molar-refractivity contribution in [2.75, 3.05) is 30.4 Å². The van der Waals surface area contributed by atoms with Crippen molar-refractivity contribution >= 4 is 26.7 Å². The SMILES string of the molecule is Cc1nc2ccccc2n1-c1nc(N2CCOCC2C)cc(C2(C)CCCS2(=O)=O)n1. The van der Waals surface area contributed by atoms with Gasteiger partial charge in [-0.3, -0.25) is 4.57 Å². The van der Waals surface area contributed by atoms with Crippen LogP contribution >= 0.6 is 0 Å². The maximum atomic E-state index is 13.0. The van der Waals surface area contributed by atoms with Crippen LogP contribution in [0.25, 0.3) is 17.0 Å². The van der Waals surface area contributed by atoms with Crippen molar-refractivity contribution in [1.82, 2.24) is 19.5 Å². The largest absolute Gasteiger partial charge is 0.377 e. The lowest BCUT2D eigenvalue weighted by molar-refractivity contribution is 0.0985. The lowest BCUT2D eigenvalue weighted by Crippen LogP contribution is -2.44. The summed E-state index contributed by atoms with van der Waals surface area (Å²) in [7, 11) is -3.30. The van der Waals surface area contributed by atoms with E-state index in [1.165, 1.54) is 0 Å². The van der Waals surface area contributed by atoms with Crippen molar-refractivity contribution in [3.8, 4) is 5.95 Å². The van der Waals surface area contributed by atoms with Gasteiger partial charge in [0.2, 0.25) is 5.95 Å². The number of ether oxygens (including phenoxy) is 1. The van der Waals surface area contributed by atoms with Gasteiger partial charge in [-0.2, -0.15) is 4.98 Å². The molecule has 4 heterocycles. The molecule has 2 unspecified atom stereocenters. The van der Waals surface area contributed by atoms with Crippen molar-refractivity contribution in [2.24, 2.45) is 0 Å². The molecule has 0 amide bonds.